The van der Waals surface area contributed by atoms with Crippen LogP contribution in [0.3, 0.4) is 0 Å². The van der Waals surface area contributed by atoms with Gasteiger partial charge in [-0.05, 0) is 17.5 Å². The molecule has 1 aliphatic heterocycles. The van der Waals surface area contributed by atoms with Crippen molar-refractivity contribution in [2.24, 2.45) is 0 Å². The molecule has 0 amide bonds. The minimum Gasteiger partial charge on any atom is -0.432 e. The Bertz CT molecular complexity index is 795. The number of hydrogen-bond donors (Lipinski definition) is 1. The number of para-hydroxylation sites is 1. The Morgan fingerprint density at radius 3 is 2.50 bits per heavy atom. The highest BCUT2D eigenvalue weighted by atomic mass is 16.8. The summed E-state index contributed by atoms with van der Waals surface area (Å²) >= 11 is 0. The fourth-order valence-corrected chi connectivity index (χ4v) is 2.61. The molecular weight excluding hydrogens is 252 g/mol. The molecule has 1 N–H and O–H groups in total. The number of hydrogen-bond acceptors (Lipinski definition) is 3. The fourth-order valence-electron chi connectivity index (χ4n) is 2.61. The van der Waals surface area contributed by atoms with E-state index in [9.17, 15) is 5.11 Å². The average Bonchev–Trinajstić information content (AvgIpc) is 2.62. The Hall–Kier alpha value is -2.52. The van der Waals surface area contributed by atoms with Crippen molar-refractivity contribution in [3.05, 3.63) is 60.7 Å². The molecule has 0 radical (unpaired) electrons. The van der Waals surface area contributed by atoms with E-state index >= 15 is 0 Å². The van der Waals surface area contributed by atoms with Crippen molar-refractivity contribution in [2.45, 2.75) is 6.48 Å². The van der Waals surface area contributed by atoms with Gasteiger partial charge in [0.25, 0.3) is 0 Å². The summed E-state index contributed by atoms with van der Waals surface area (Å²) in [5, 5.41) is 11.9. The molecule has 98 valence electrons. The van der Waals surface area contributed by atoms with Gasteiger partial charge < -0.3 is 14.6 Å². The van der Waals surface area contributed by atoms with Crippen molar-refractivity contribution < 1.29 is 14.6 Å². The summed E-state index contributed by atoms with van der Waals surface area (Å²) in [5.41, 5.74) is 1.85. The van der Waals surface area contributed by atoms with E-state index in [1.807, 2.05) is 60.7 Å². The van der Waals surface area contributed by atoms with Crippen molar-refractivity contribution in [1.82, 2.24) is 0 Å². The highest BCUT2D eigenvalue weighted by Crippen LogP contribution is 2.43. The van der Waals surface area contributed by atoms with Crippen LogP contribution in [-0.2, 0) is 0 Å². The van der Waals surface area contributed by atoms with E-state index in [0.717, 1.165) is 21.9 Å². The quantitative estimate of drug-likeness (QED) is 0.674. The normalized spacial score (nSPS) is 16.6. The molecule has 0 spiro atoms. The molecule has 3 heteroatoms. The van der Waals surface area contributed by atoms with Gasteiger partial charge in [0, 0.05) is 16.5 Å². The van der Waals surface area contributed by atoms with Crippen molar-refractivity contribution in [3.63, 3.8) is 0 Å². The third kappa shape index (κ3) is 1.64. The van der Waals surface area contributed by atoms with E-state index in [1.54, 1.807) is 0 Å². The Morgan fingerprint density at radius 2 is 1.55 bits per heavy atom. The first-order chi connectivity index (χ1) is 9.83. The molecule has 0 saturated carbocycles. The van der Waals surface area contributed by atoms with Crippen LogP contribution >= 0.6 is 0 Å². The number of ether oxygens (including phenoxy) is 2. The second kappa shape index (κ2) is 4.25. The van der Waals surface area contributed by atoms with Crippen LogP contribution in [0.15, 0.2) is 60.7 Å². The molecule has 1 unspecified atom stereocenters. The van der Waals surface area contributed by atoms with Crippen LogP contribution in [0, 0.1) is 0 Å². The molecule has 0 aromatic heterocycles. The van der Waals surface area contributed by atoms with Crippen molar-refractivity contribution in [1.29, 1.82) is 0 Å². The standard InChI is InChI=1S/C17H12O3/c18-17-19-15-8-4-3-7-13(15)14-10-9-11-5-1-2-6-12(11)16(14)20-17/h1-10,17-18H. The zero-order chi connectivity index (χ0) is 13.5. The maximum Gasteiger partial charge on any atom is 0.358 e. The molecule has 1 aliphatic rings. The van der Waals surface area contributed by atoms with Gasteiger partial charge in [0.1, 0.15) is 11.5 Å². The molecule has 4 rings (SSSR count). The van der Waals surface area contributed by atoms with Crippen LogP contribution in [0.5, 0.6) is 11.5 Å². The average molecular weight is 264 g/mol. The van der Waals surface area contributed by atoms with Gasteiger partial charge in [-0.15, -0.1) is 0 Å². The van der Waals surface area contributed by atoms with E-state index in [4.69, 9.17) is 9.47 Å². The first kappa shape index (κ1) is 11.3. The van der Waals surface area contributed by atoms with E-state index in [-0.39, 0.29) is 0 Å². The van der Waals surface area contributed by atoms with Crippen molar-refractivity contribution in [3.8, 4) is 22.6 Å². The van der Waals surface area contributed by atoms with Crippen LogP contribution in [0.2, 0.25) is 0 Å². The minimum absolute atomic E-state index is 0.619. The van der Waals surface area contributed by atoms with Crippen LogP contribution in [0.4, 0.5) is 0 Å². The maximum absolute atomic E-state index is 9.90. The number of fused-ring (bicyclic) bond motifs is 5. The van der Waals surface area contributed by atoms with E-state index in [1.165, 1.54) is 0 Å². The van der Waals surface area contributed by atoms with E-state index in [2.05, 4.69) is 0 Å². The predicted octanol–water partition coefficient (Wildman–Crippen LogP) is 3.55. The molecule has 3 nitrogen and oxygen atoms in total. The third-order valence-corrected chi connectivity index (χ3v) is 3.50. The smallest absolute Gasteiger partial charge is 0.358 e. The number of aliphatic hydroxyl groups excluding tert-OH is 1. The largest absolute Gasteiger partial charge is 0.432 e. The monoisotopic (exact) mass is 264 g/mol. The first-order valence-electron chi connectivity index (χ1n) is 6.45. The maximum atomic E-state index is 9.90. The molecule has 0 fully saturated rings. The molecule has 3 aromatic rings. The highest BCUT2D eigenvalue weighted by molar-refractivity contribution is 5.96. The highest BCUT2D eigenvalue weighted by Gasteiger charge is 2.22. The summed E-state index contributed by atoms with van der Waals surface area (Å²) in [6.07, 6.45) is 0. The van der Waals surface area contributed by atoms with Crippen LogP contribution in [-0.4, -0.2) is 11.6 Å². The van der Waals surface area contributed by atoms with Crippen LogP contribution in [0.25, 0.3) is 21.9 Å². The second-order valence-electron chi connectivity index (χ2n) is 4.70. The lowest BCUT2D eigenvalue weighted by Crippen LogP contribution is -2.21. The van der Waals surface area contributed by atoms with Gasteiger partial charge >= 0.3 is 6.48 Å². The van der Waals surface area contributed by atoms with Gasteiger partial charge in [0.05, 0.1) is 0 Å². The van der Waals surface area contributed by atoms with Gasteiger partial charge in [-0.1, -0.05) is 48.5 Å². The number of benzene rings is 3. The number of aliphatic hydroxyl groups is 1. The van der Waals surface area contributed by atoms with Crippen molar-refractivity contribution >= 4 is 10.8 Å². The van der Waals surface area contributed by atoms with Gasteiger partial charge in [0.2, 0.25) is 0 Å². The molecule has 1 heterocycles. The molecule has 0 aliphatic carbocycles. The number of rotatable bonds is 0. The first-order valence-corrected chi connectivity index (χ1v) is 6.45. The van der Waals surface area contributed by atoms with E-state index < -0.39 is 6.48 Å². The minimum atomic E-state index is -1.30. The van der Waals surface area contributed by atoms with Gasteiger partial charge in [-0.3, -0.25) is 0 Å². The Kier molecular flexibility index (Phi) is 2.41. The summed E-state index contributed by atoms with van der Waals surface area (Å²) < 4.78 is 11.0. The molecule has 3 aromatic carbocycles. The summed E-state index contributed by atoms with van der Waals surface area (Å²) in [5.74, 6) is 1.27. The summed E-state index contributed by atoms with van der Waals surface area (Å²) in [6, 6.07) is 19.6. The molecule has 1 atom stereocenters. The molecule has 0 saturated heterocycles. The zero-order valence-electron chi connectivity index (χ0n) is 10.6. The zero-order valence-corrected chi connectivity index (χ0v) is 10.6. The van der Waals surface area contributed by atoms with Gasteiger partial charge in [-0.2, -0.15) is 0 Å². The third-order valence-electron chi connectivity index (χ3n) is 3.50. The summed E-state index contributed by atoms with van der Waals surface area (Å²) in [4.78, 5) is 0. The van der Waals surface area contributed by atoms with Crippen molar-refractivity contribution in [2.75, 3.05) is 0 Å². The predicted molar refractivity (Wildman–Crippen MR) is 76.6 cm³/mol. The van der Waals surface area contributed by atoms with Crippen LogP contribution in [0.1, 0.15) is 0 Å². The molecular formula is C17H12O3. The lowest BCUT2D eigenvalue weighted by Gasteiger charge is -2.13. The van der Waals surface area contributed by atoms with Crippen LogP contribution < -0.4 is 9.47 Å². The lowest BCUT2D eigenvalue weighted by atomic mass is 9.99. The SMILES string of the molecule is OC1Oc2ccccc2-c2ccc3ccccc3c2O1. The Morgan fingerprint density at radius 1 is 0.750 bits per heavy atom. The van der Waals surface area contributed by atoms with Gasteiger partial charge in [-0.25, -0.2) is 0 Å². The Balaban J connectivity index is 2.09. The summed E-state index contributed by atoms with van der Waals surface area (Å²) in [6.45, 7) is -1.30. The molecule has 0 bridgehead atoms. The Labute approximate surface area is 116 Å². The van der Waals surface area contributed by atoms with Gasteiger partial charge in [0.15, 0.2) is 0 Å². The van der Waals surface area contributed by atoms with E-state index in [0.29, 0.717) is 11.5 Å². The molecule has 20 heavy (non-hydrogen) atoms. The fraction of sp³-hybridized carbons (Fsp3) is 0.0588. The lowest BCUT2D eigenvalue weighted by molar-refractivity contribution is -0.157. The second-order valence-corrected chi connectivity index (χ2v) is 4.70. The summed E-state index contributed by atoms with van der Waals surface area (Å²) in [7, 11) is 0. The topological polar surface area (TPSA) is 38.7 Å².